The third kappa shape index (κ3) is 4.03. The number of halogens is 1. The van der Waals surface area contributed by atoms with E-state index >= 15 is 0 Å². The van der Waals surface area contributed by atoms with Crippen LogP contribution >= 0.6 is 11.6 Å². The Morgan fingerprint density at radius 3 is 2.85 bits per heavy atom. The summed E-state index contributed by atoms with van der Waals surface area (Å²) >= 11 is 5.95. The molecule has 2 aromatic carbocycles. The van der Waals surface area contributed by atoms with Gasteiger partial charge in [-0.3, -0.25) is 14.2 Å². The number of carbonyl (C=O) groups is 1. The van der Waals surface area contributed by atoms with E-state index in [0.29, 0.717) is 27.2 Å². The first kappa shape index (κ1) is 17.9. The Bertz CT molecular complexity index is 1000. The van der Waals surface area contributed by atoms with Crippen molar-refractivity contribution in [2.45, 2.75) is 19.6 Å². The largest absolute Gasteiger partial charge is 0.496 e. The maximum atomic E-state index is 12.4. The van der Waals surface area contributed by atoms with Gasteiger partial charge in [0.15, 0.2) is 0 Å². The highest BCUT2D eigenvalue weighted by molar-refractivity contribution is 6.30. The zero-order valence-electron chi connectivity index (χ0n) is 14.1. The van der Waals surface area contributed by atoms with Gasteiger partial charge < -0.3 is 9.47 Å². The van der Waals surface area contributed by atoms with Crippen LogP contribution in [0.2, 0.25) is 5.02 Å². The van der Waals surface area contributed by atoms with Crippen LogP contribution in [0.25, 0.3) is 10.9 Å². The minimum absolute atomic E-state index is 0.0490. The first-order valence-corrected chi connectivity index (χ1v) is 8.38. The normalized spacial score (nSPS) is 10.7. The number of aryl methyl sites for hydroxylation is 1. The van der Waals surface area contributed by atoms with E-state index in [9.17, 15) is 9.59 Å². The number of carbonyl (C=O) groups excluding carboxylic acids is 1. The van der Waals surface area contributed by atoms with Gasteiger partial charge in [0, 0.05) is 17.1 Å². The summed E-state index contributed by atoms with van der Waals surface area (Å²) in [6.07, 6.45) is 1.50. The van der Waals surface area contributed by atoms with Crippen molar-refractivity contribution in [3.05, 3.63) is 69.7 Å². The Hall–Kier alpha value is -2.86. The monoisotopic (exact) mass is 372 g/mol. The Kier molecular flexibility index (Phi) is 5.53. The molecule has 0 amide bonds. The van der Waals surface area contributed by atoms with Crippen LogP contribution < -0.4 is 10.3 Å². The van der Waals surface area contributed by atoms with E-state index in [-0.39, 0.29) is 25.1 Å². The number of methoxy groups -OCH3 is 1. The highest BCUT2D eigenvalue weighted by Crippen LogP contribution is 2.23. The molecule has 0 unspecified atom stereocenters. The number of fused-ring (bicyclic) bond motifs is 1. The standard InChI is InChI=1S/C19H17ClN2O4/c1-25-17-7-6-14(20)10-13(17)11-26-18(23)8-9-22-12-21-16-5-3-2-4-15(16)19(22)24/h2-7,10,12H,8-9,11H2,1H3. The SMILES string of the molecule is COc1ccc(Cl)cc1COC(=O)CCn1cnc2ccccc2c1=O. The lowest BCUT2D eigenvalue weighted by Gasteiger charge is -2.10. The number of benzene rings is 2. The highest BCUT2D eigenvalue weighted by atomic mass is 35.5. The molecule has 3 rings (SSSR count). The maximum absolute atomic E-state index is 12.4. The molecule has 134 valence electrons. The van der Waals surface area contributed by atoms with Crippen molar-refractivity contribution >= 4 is 28.5 Å². The molecule has 0 aliphatic heterocycles. The molecule has 26 heavy (non-hydrogen) atoms. The molecule has 0 aliphatic rings. The number of para-hydroxylation sites is 1. The third-order valence-corrected chi connectivity index (χ3v) is 4.15. The van der Waals surface area contributed by atoms with Crippen LogP contribution in [0.4, 0.5) is 0 Å². The van der Waals surface area contributed by atoms with Crippen LogP contribution in [0.5, 0.6) is 5.75 Å². The first-order chi connectivity index (χ1) is 12.6. The smallest absolute Gasteiger partial charge is 0.307 e. The fourth-order valence-corrected chi connectivity index (χ4v) is 2.76. The number of rotatable bonds is 6. The Morgan fingerprint density at radius 2 is 2.04 bits per heavy atom. The zero-order chi connectivity index (χ0) is 18.5. The van der Waals surface area contributed by atoms with Crippen LogP contribution in [0.15, 0.2) is 53.6 Å². The summed E-state index contributed by atoms with van der Waals surface area (Å²) in [4.78, 5) is 28.6. The first-order valence-electron chi connectivity index (χ1n) is 8.00. The van der Waals surface area contributed by atoms with Crippen molar-refractivity contribution in [2.75, 3.05) is 7.11 Å². The van der Waals surface area contributed by atoms with Gasteiger partial charge in [0.25, 0.3) is 5.56 Å². The van der Waals surface area contributed by atoms with Crippen LogP contribution in [0.3, 0.4) is 0 Å². The van der Waals surface area contributed by atoms with Gasteiger partial charge in [-0.25, -0.2) is 4.98 Å². The van der Waals surface area contributed by atoms with Gasteiger partial charge in [0.1, 0.15) is 12.4 Å². The number of ether oxygens (including phenoxy) is 2. The average Bonchev–Trinajstić information content (AvgIpc) is 2.66. The molecule has 0 saturated carbocycles. The quantitative estimate of drug-likeness (QED) is 0.621. The predicted molar refractivity (Wildman–Crippen MR) is 98.4 cm³/mol. The minimum Gasteiger partial charge on any atom is -0.496 e. The summed E-state index contributed by atoms with van der Waals surface area (Å²) in [5.41, 5.74) is 1.13. The van der Waals surface area contributed by atoms with Gasteiger partial charge >= 0.3 is 5.97 Å². The van der Waals surface area contributed by atoms with E-state index in [0.717, 1.165) is 0 Å². The molecule has 0 aliphatic carbocycles. The lowest BCUT2D eigenvalue weighted by Crippen LogP contribution is -2.22. The lowest BCUT2D eigenvalue weighted by atomic mass is 10.2. The molecule has 6 nitrogen and oxygen atoms in total. The van der Waals surface area contributed by atoms with Crippen LogP contribution in [0.1, 0.15) is 12.0 Å². The number of nitrogens with zero attached hydrogens (tertiary/aromatic N) is 2. The average molecular weight is 373 g/mol. The van der Waals surface area contributed by atoms with E-state index in [4.69, 9.17) is 21.1 Å². The van der Waals surface area contributed by atoms with Crippen molar-refractivity contribution in [1.82, 2.24) is 9.55 Å². The Balaban J connectivity index is 1.62. The van der Waals surface area contributed by atoms with Crippen molar-refractivity contribution in [3.63, 3.8) is 0 Å². The fraction of sp³-hybridized carbons (Fsp3) is 0.211. The second-order valence-electron chi connectivity index (χ2n) is 5.63. The van der Waals surface area contributed by atoms with Gasteiger partial charge in [-0.05, 0) is 30.3 Å². The van der Waals surface area contributed by atoms with E-state index in [1.807, 2.05) is 6.07 Å². The fourth-order valence-electron chi connectivity index (χ4n) is 2.57. The molecule has 0 bridgehead atoms. The summed E-state index contributed by atoms with van der Waals surface area (Å²) in [7, 11) is 1.54. The summed E-state index contributed by atoms with van der Waals surface area (Å²) in [6, 6.07) is 12.2. The summed E-state index contributed by atoms with van der Waals surface area (Å²) in [5.74, 6) is 0.171. The molecule has 0 fully saturated rings. The second-order valence-corrected chi connectivity index (χ2v) is 6.06. The highest BCUT2D eigenvalue weighted by Gasteiger charge is 2.10. The predicted octanol–water partition coefficient (Wildman–Crippen LogP) is 3.19. The number of esters is 1. The summed E-state index contributed by atoms with van der Waals surface area (Å²) in [5, 5.41) is 1.05. The number of aromatic nitrogens is 2. The molecular weight excluding hydrogens is 356 g/mol. The molecule has 0 N–H and O–H groups in total. The van der Waals surface area contributed by atoms with Crippen molar-refractivity contribution < 1.29 is 14.3 Å². The summed E-state index contributed by atoms with van der Waals surface area (Å²) in [6.45, 7) is 0.246. The Morgan fingerprint density at radius 1 is 1.23 bits per heavy atom. The van der Waals surface area contributed by atoms with Crippen LogP contribution in [-0.4, -0.2) is 22.6 Å². The Labute approximate surface area is 154 Å². The molecule has 0 atom stereocenters. The number of hydrogen-bond acceptors (Lipinski definition) is 5. The molecule has 3 aromatic rings. The van der Waals surface area contributed by atoms with Gasteiger partial charge in [-0.1, -0.05) is 23.7 Å². The van der Waals surface area contributed by atoms with E-state index in [1.165, 1.54) is 18.0 Å². The van der Waals surface area contributed by atoms with Crippen molar-refractivity contribution in [1.29, 1.82) is 0 Å². The minimum atomic E-state index is -0.424. The van der Waals surface area contributed by atoms with Crippen LogP contribution in [0, 0.1) is 0 Å². The van der Waals surface area contributed by atoms with E-state index in [2.05, 4.69) is 4.98 Å². The van der Waals surface area contributed by atoms with Crippen molar-refractivity contribution in [3.8, 4) is 5.75 Å². The van der Waals surface area contributed by atoms with Gasteiger partial charge in [-0.2, -0.15) is 0 Å². The molecule has 0 spiro atoms. The molecule has 1 heterocycles. The van der Waals surface area contributed by atoms with Crippen molar-refractivity contribution in [2.24, 2.45) is 0 Å². The molecule has 0 radical (unpaired) electrons. The molecule has 1 aromatic heterocycles. The lowest BCUT2D eigenvalue weighted by molar-refractivity contribution is -0.145. The van der Waals surface area contributed by atoms with Crippen LogP contribution in [-0.2, 0) is 22.7 Å². The number of hydrogen-bond donors (Lipinski definition) is 0. The topological polar surface area (TPSA) is 70.4 Å². The third-order valence-electron chi connectivity index (χ3n) is 3.92. The van der Waals surface area contributed by atoms with Gasteiger partial charge in [0.2, 0.25) is 0 Å². The van der Waals surface area contributed by atoms with E-state index < -0.39 is 5.97 Å². The van der Waals surface area contributed by atoms with Gasteiger partial charge in [0.05, 0.1) is 30.8 Å². The zero-order valence-corrected chi connectivity index (χ0v) is 14.9. The molecular formula is C19H17ClN2O4. The van der Waals surface area contributed by atoms with Gasteiger partial charge in [-0.15, -0.1) is 0 Å². The molecule has 0 saturated heterocycles. The molecule has 7 heteroatoms. The maximum Gasteiger partial charge on any atom is 0.307 e. The van der Waals surface area contributed by atoms with E-state index in [1.54, 1.807) is 36.4 Å². The summed E-state index contributed by atoms with van der Waals surface area (Å²) < 4.78 is 11.9. The second kappa shape index (κ2) is 8.01.